The van der Waals surface area contributed by atoms with Crippen molar-refractivity contribution >= 4 is 51.0 Å². The SMILES string of the molecule is [CH3][Ge]([CH3])([CH3])[Cl].[CH3][Ge]([CH3])[CH3].[CH3][Ge]([CH3])[CH3]. The summed E-state index contributed by atoms with van der Waals surface area (Å²) in [5.41, 5.74) is 0. The van der Waals surface area contributed by atoms with Crippen LogP contribution in [0.1, 0.15) is 0 Å². The molecule has 0 aliphatic heterocycles. The molecule has 0 rings (SSSR count). The maximum absolute atomic E-state index is 5.72. The second-order valence-electron chi connectivity index (χ2n) is 5.07. The van der Waals surface area contributed by atoms with Gasteiger partial charge in [0.05, 0.1) is 0 Å². The normalized spacial score (nSPS) is 10.2. The van der Waals surface area contributed by atoms with Gasteiger partial charge in [0.15, 0.2) is 0 Å². The van der Waals surface area contributed by atoms with Crippen molar-refractivity contribution < 1.29 is 0 Å². The van der Waals surface area contributed by atoms with E-state index in [-0.39, 0.29) is 28.7 Å². The molecular weight excluding hydrogens is 361 g/mol. The van der Waals surface area contributed by atoms with E-state index in [0.717, 1.165) is 0 Å². The molecule has 0 aliphatic carbocycles. The fraction of sp³-hybridized carbons (Fsp3) is 1.00. The zero-order valence-electron chi connectivity index (χ0n) is 10.9. The molecule has 0 aromatic carbocycles. The molecule has 0 nitrogen and oxygen atoms in total. The molecule has 0 aromatic heterocycles. The Morgan fingerprint density at radius 2 is 0.692 bits per heavy atom. The van der Waals surface area contributed by atoms with Gasteiger partial charge in [-0.1, -0.05) is 0 Å². The Morgan fingerprint density at radius 3 is 0.692 bits per heavy atom. The van der Waals surface area contributed by atoms with Crippen molar-refractivity contribution in [3.05, 3.63) is 0 Å². The topological polar surface area (TPSA) is 0 Å². The van der Waals surface area contributed by atoms with Crippen LogP contribution in [0, 0.1) is 0 Å². The van der Waals surface area contributed by atoms with Gasteiger partial charge in [-0.2, -0.15) is 0 Å². The van der Waals surface area contributed by atoms with Crippen molar-refractivity contribution in [1.82, 2.24) is 0 Å². The summed E-state index contributed by atoms with van der Waals surface area (Å²) in [4.78, 5) is 0. The van der Waals surface area contributed by atoms with Crippen molar-refractivity contribution in [1.29, 1.82) is 0 Å². The fourth-order valence-corrected chi connectivity index (χ4v) is 0. The van der Waals surface area contributed by atoms with Gasteiger partial charge in [0.25, 0.3) is 0 Å². The molecule has 0 spiro atoms. The summed E-state index contributed by atoms with van der Waals surface area (Å²) < 4.78 is 0. The predicted molar refractivity (Wildman–Crippen MR) is 75.9 cm³/mol. The molecule has 0 atom stereocenters. The van der Waals surface area contributed by atoms with E-state index in [0.29, 0.717) is 0 Å². The van der Waals surface area contributed by atoms with E-state index in [9.17, 15) is 0 Å². The first-order valence-corrected chi connectivity index (χ1v) is 26.3. The van der Waals surface area contributed by atoms with Crippen LogP contribution in [0.25, 0.3) is 0 Å². The molecule has 0 fully saturated rings. The molecule has 0 amide bonds. The van der Waals surface area contributed by atoms with Gasteiger partial charge in [-0.15, -0.1) is 0 Å². The van der Waals surface area contributed by atoms with Crippen LogP contribution in [0.2, 0.25) is 51.8 Å². The average molecular weight is 389 g/mol. The van der Waals surface area contributed by atoms with E-state index in [1.54, 1.807) is 0 Å². The quantitative estimate of drug-likeness (QED) is 0.523. The van der Waals surface area contributed by atoms with E-state index in [2.05, 4.69) is 51.8 Å². The summed E-state index contributed by atoms with van der Waals surface area (Å²) in [5, 5.41) is 0. The minimum absolute atomic E-state index is 0.333. The summed E-state index contributed by atoms with van der Waals surface area (Å²) >= 11 is -2.19. The molecule has 0 unspecified atom stereocenters. The van der Waals surface area contributed by atoms with Gasteiger partial charge >= 0.3 is 103 Å². The average Bonchev–Trinajstić information content (AvgIpc) is 1.50. The summed E-state index contributed by atoms with van der Waals surface area (Å²) in [5.74, 6) is 20.4. The van der Waals surface area contributed by atoms with Gasteiger partial charge in [-0.3, -0.25) is 0 Å². The first kappa shape index (κ1) is 20.3. The number of hydrogen-bond donors (Lipinski definition) is 0. The molecule has 0 saturated heterocycles. The van der Waals surface area contributed by atoms with Crippen molar-refractivity contribution in [3.63, 3.8) is 0 Å². The van der Waals surface area contributed by atoms with Crippen LogP contribution < -0.4 is 0 Å². The molecule has 0 bridgehead atoms. The molecule has 0 saturated carbocycles. The van der Waals surface area contributed by atoms with Crippen LogP contribution in [-0.4, -0.2) is 41.0 Å². The first-order valence-electron chi connectivity index (χ1n) is 4.69. The minimum atomic E-state index is -1.53. The maximum atomic E-state index is 5.72. The molecule has 0 heterocycles. The van der Waals surface area contributed by atoms with Crippen molar-refractivity contribution in [3.8, 4) is 0 Å². The molecule has 13 heavy (non-hydrogen) atoms. The molecule has 2 radical (unpaired) electrons. The van der Waals surface area contributed by atoms with Crippen LogP contribution in [-0.2, 0) is 0 Å². The molecule has 0 N–H and O–H groups in total. The van der Waals surface area contributed by atoms with Gasteiger partial charge < -0.3 is 0 Å². The van der Waals surface area contributed by atoms with Crippen LogP contribution in [0.15, 0.2) is 0 Å². The standard InChI is InChI=1S/C3H9ClGe.2C3H9Ge/c1-5(2,3)4;2*1-4(2)3/h1-3H3;2*1-3H3. The molecule has 0 aromatic rings. The van der Waals surface area contributed by atoms with Gasteiger partial charge in [0.1, 0.15) is 0 Å². The fourth-order valence-electron chi connectivity index (χ4n) is 0. The third kappa shape index (κ3) is 537. The van der Waals surface area contributed by atoms with Gasteiger partial charge in [-0.25, -0.2) is 0 Å². The Balaban J connectivity index is -0.000000117. The van der Waals surface area contributed by atoms with Crippen molar-refractivity contribution in [2.75, 3.05) is 0 Å². The summed E-state index contributed by atoms with van der Waals surface area (Å²) in [6.07, 6.45) is 0. The molecule has 4 heteroatoms. The summed E-state index contributed by atoms with van der Waals surface area (Å²) in [6, 6.07) is 0. The van der Waals surface area contributed by atoms with Gasteiger partial charge in [0.2, 0.25) is 0 Å². The Labute approximate surface area is 102 Å². The Morgan fingerprint density at radius 1 is 0.692 bits per heavy atom. The van der Waals surface area contributed by atoms with Crippen LogP contribution in [0.4, 0.5) is 0 Å². The summed E-state index contributed by atoms with van der Waals surface area (Å²) in [6.45, 7) is 0. The third-order valence-electron chi connectivity index (χ3n) is 0. The van der Waals surface area contributed by atoms with Crippen LogP contribution >= 0.6 is 10.0 Å². The number of rotatable bonds is 0. The van der Waals surface area contributed by atoms with E-state index >= 15 is 0 Å². The predicted octanol–water partition coefficient (Wildman–Crippen LogP) is 4.80. The van der Waals surface area contributed by atoms with Crippen LogP contribution in [0.5, 0.6) is 0 Å². The van der Waals surface area contributed by atoms with E-state index in [1.165, 1.54) is 0 Å². The number of hydrogen-bond acceptors (Lipinski definition) is 0. The second-order valence-corrected chi connectivity index (χ2v) is 32.2. The Bertz CT molecular complexity index is 69.8. The van der Waals surface area contributed by atoms with E-state index in [1.807, 2.05) is 0 Å². The Kier molecular flexibility index (Phi) is 18.8. The van der Waals surface area contributed by atoms with E-state index < -0.39 is 12.3 Å². The third-order valence-corrected chi connectivity index (χ3v) is 0. The number of halogens is 1. The van der Waals surface area contributed by atoms with Crippen molar-refractivity contribution in [2.24, 2.45) is 0 Å². The summed E-state index contributed by atoms with van der Waals surface area (Å²) in [7, 11) is 5.72. The van der Waals surface area contributed by atoms with Crippen LogP contribution in [0.3, 0.4) is 0 Å². The zero-order valence-corrected chi connectivity index (χ0v) is 17.9. The van der Waals surface area contributed by atoms with Gasteiger partial charge in [0, 0.05) is 0 Å². The zero-order chi connectivity index (χ0) is 11.7. The van der Waals surface area contributed by atoms with Gasteiger partial charge in [-0.05, 0) is 0 Å². The molecular formula is C9H27ClGe3. The monoisotopic (exact) mass is 392 g/mol. The second kappa shape index (κ2) is 12.0. The van der Waals surface area contributed by atoms with E-state index in [4.69, 9.17) is 10.0 Å². The first-order chi connectivity index (χ1) is 5.46. The molecule has 0 aliphatic rings. The molecule has 82 valence electrons. The Hall–Kier alpha value is 1.92. The van der Waals surface area contributed by atoms with Crippen molar-refractivity contribution in [2.45, 2.75) is 51.8 Å².